The van der Waals surface area contributed by atoms with Crippen LogP contribution < -0.4 is 10.2 Å². The van der Waals surface area contributed by atoms with E-state index in [0.717, 1.165) is 5.75 Å². The van der Waals surface area contributed by atoms with Crippen molar-refractivity contribution in [2.24, 2.45) is 0 Å². The van der Waals surface area contributed by atoms with Gasteiger partial charge in [0, 0.05) is 0 Å². The Kier molecular flexibility index (Phi) is 5.03. The molecule has 5 heteroatoms. The fraction of sp³-hybridized carbons (Fsp3) is 0.250. The second-order valence-electron chi connectivity index (χ2n) is 3.44. The SMILES string of the molecule is C=C(NOCC(C)Oc1ccccc1)C(=O)O. The van der Waals surface area contributed by atoms with Gasteiger partial charge in [-0.2, -0.15) is 0 Å². The minimum atomic E-state index is -1.15. The molecule has 0 heterocycles. The number of carbonyl (C=O) groups is 1. The molecule has 1 unspecified atom stereocenters. The third-order valence-corrected chi connectivity index (χ3v) is 1.85. The molecule has 0 aliphatic heterocycles. The molecule has 1 atom stereocenters. The first-order chi connectivity index (χ1) is 8.09. The van der Waals surface area contributed by atoms with Gasteiger partial charge in [-0.3, -0.25) is 10.3 Å². The van der Waals surface area contributed by atoms with Gasteiger partial charge in [-0.05, 0) is 19.1 Å². The largest absolute Gasteiger partial charge is 0.488 e. The topological polar surface area (TPSA) is 67.8 Å². The second kappa shape index (κ2) is 6.55. The summed E-state index contributed by atoms with van der Waals surface area (Å²) in [6.45, 7) is 5.29. The van der Waals surface area contributed by atoms with Gasteiger partial charge in [-0.25, -0.2) is 4.79 Å². The van der Waals surface area contributed by atoms with Crippen LogP contribution in [0.2, 0.25) is 0 Å². The Morgan fingerprint density at radius 3 is 2.71 bits per heavy atom. The molecule has 17 heavy (non-hydrogen) atoms. The highest BCUT2D eigenvalue weighted by atomic mass is 16.7. The molecule has 0 amide bonds. The van der Waals surface area contributed by atoms with Crippen molar-refractivity contribution in [1.82, 2.24) is 5.48 Å². The number of hydrogen-bond acceptors (Lipinski definition) is 4. The first-order valence-corrected chi connectivity index (χ1v) is 5.11. The Morgan fingerprint density at radius 1 is 1.47 bits per heavy atom. The molecule has 1 aromatic carbocycles. The zero-order chi connectivity index (χ0) is 12.7. The maximum Gasteiger partial charge on any atom is 0.353 e. The smallest absolute Gasteiger partial charge is 0.353 e. The minimum absolute atomic E-state index is 0.202. The molecule has 0 aromatic heterocycles. The number of hydrogen-bond donors (Lipinski definition) is 2. The van der Waals surface area contributed by atoms with E-state index in [1.165, 1.54) is 0 Å². The maximum absolute atomic E-state index is 10.4. The number of aliphatic carboxylic acids is 1. The quantitative estimate of drug-likeness (QED) is 0.556. The normalized spacial score (nSPS) is 11.6. The second-order valence-corrected chi connectivity index (χ2v) is 3.44. The van der Waals surface area contributed by atoms with Gasteiger partial charge >= 0.3 is 5.97 Å². The van der Waals surface area contributed by atoms with E-state index in [4.69, 9.17) is 14.7 Å². The monoisotopic (exact) mass is 237 g/mol. The first-order valence-electron chi connectivity index (χ1n) is 5.11. The van der Waals surface area contributed by atoms with Crippen LogP contribution in [0.15, 0.2) is 42.6 Å². The third-order valence-electron chi connectivity index (χ3n) is 1.85. The lowest BCUT2D eigenvalue weighted by atomic mass is 10.3. The van der Waals surface area contributed by atoms with E-state index in [-0.39, 0.29) is 18.4 Å². The summed E-state index contributed by atoms with van der Waals surface area (Å²) in [6.07, 6.45) is -0.202. The van der Waals surface area contributed by atoms with Crippen molar-refractivity contribution >= 4 is 5.97 Å². The van der Waals surface area contributed by atoms with Crippen molar-refractivity contribution in [3.05, 3.63) is 42.6 Å². The van der Waals surface area contributed by atoms with E-state index in [1.807, 2.05) is 37.3 Å². The number of carboxylic acid groups (broad SMARTS) is 1. The molecule has 92 valence electrons. The van der Waals surface area contributed by atoms with Crippen molar-refractivity contribution in [3.63, 3.8) is 0 Å². The van der Waals surface area contributed by atoms with E-state index >= 15 is 0 Å². The Bertz CT molecular complexity index is 377. The highest BCUT2D eigenvalue weighted by Crippen LogP contribution is 2.10. The maximum atomic E-state index is 10.4. The van der Waals surface area contributed by atoms with Crippen molar-refractivity contribution in [3.8, 4) is 5.75 Å². The summed E-state index contributed by atoms with van der Waals surface area (Å²) >= 11 is 0. The van der Waals surface area contributed by atoms with Gasteiger partial charge in [-0.15, -0.1) is 0 Å². The van der Waals surface area contributed by atoms with Gasteiger partial charge in [0.2, 0.25) is 0 Å². The summed E-state index contributed by atoms with van der Waals surface area (Å²) in [5.74, 6) is -0.415. The van der Waals surface area contributed by atoms with E-state index in [9.17, 15) is 4.79 Å². The summed E-state index contributed by atoms with van der Waals surface area (Å²) in [5.41, 5.74) is 2.01. The van der Waals surface area contributed by atoms with Gasteiger partial charge in [0.05, 0.1) is 0 Å². The third kappa shape index (κ3) is 5.03. The Morgan fingerprint density at radius 2 is 2.12 bits per heavy atom. The van der Waals surface area contributed by atoms with Gasteiger partial charge in [0.25, 0.3) is 0 Å². The Balaban J connectivity index is 2.24. The van der Waals surface area contributed by atoms with Crippen LogP contribution in [-0.2, 0) is 9.63 Å². The molecule has 5 nitrogen and oxygen atoms in total. The number of nitrogens with one attached hydrogen (secondary N) is 1. The zero-order valence-corrected chi connectivity index (χ0v) is 9.55. The lowest BCUT2D eigenvalue weighted by Gasteiger charge is -2.15. The molecule has 0 saturated carbocycles. The summed E-state index contributed by atoms with van der Waals surface area (Å²) in [6, 6.07) is 9.30. The van der Waals surface area contributed by atoms with E-state index < -0.39 is 5.97 Å². The van der Waals surface area contributed by atoms with Crippen LogP contribution >= 0.6 is 0 Å². The highest BCUT2D eigenvalue weighted by Gasteiger charge is 2.06. The van der Waals surface area contributed by atoms with Crippen molar-refractivity contribution in [2.75, 3.05) is 6.61 Å². The summed E-state index contributed by atoms with van der Waals surface area (Å²) < 4.78 is 5.51. The number of rotatable bonds is 7. The molecular formula is C12H15NO4. The Hall–Kier alpha value is -2.01. The fourth-order valence-corrected chi connectivity index (χ4v) is 1.06. The molecule has 0 fully saturated rings. The highest BCUT2D eigenvalue weighted by molar-refractivity contribution is 5.84. The Labute approximate surface area is 99.6 Å². The van der Waals surface area contributed by atoms with Crippen LogP contribution in [0.25, 0.3) is 0 Å². The van der Waals surface area contributed by atoms with E-state index in [1.54, 1.807) is 0 Å². The van der Waals surface area contributed by atoms with Crippen LogP contribution in [0.3, 0.4) is 0 Å². The van der Waals surface area contributed by atoms with Crippen LogP contribution in [0.1, 0.15) is 6.92 Å². The molecule has 0 radical (unpaired) electrons. The molecular weight excluding hydrogens is 222 g/mol. The van der Waals surface area contributed by atoms with Crippen LogP contribution in [0.5, 0.6) is 5.75 Å². The number of benzene rings is 1. The predicted octanol–water partition coefficient (Wildman–Crippen LogP) is 1.57. The van der Waals surface area contributed by atoms with Crippen LogP contribution in [0.4, 0.5) is 0 Å². The van der Waals surface area contributed by atoms with E-state index in [2.05, 4.69) is 12.1 Å². The summed E-state index contributed by atoms with van der Waals surface area (Å²) in [4.78, 5) is 15.3. The minimum Gasteiger partial charge on any atom is -0.488 e. The molecule has 1 aromatic rings. The average molecular weight is 237 g/mol. The van der Waals surface area contributed by atoms with Gasteiger partial charge in [-0.1, -0.05) is 24.8 Å². The van der Waals surface area contributed by atoms with E-state index in [0.29, 0.717) is 0 Å². The van der Waals surface area contributed by atoms with Gasteiger partial charge in [0.15, 0.2) is 0 Å². The average Bonchev–Trinajstić information content (AvgIpc) is 2.30. The molecule has 0 aliphatic rings. The predicted molar refractivity (Wildman–Crippen MR) is 62.4 cm³/mol. The standard InChI is InChI=1S/C12H15NO4/c1-9(8-16-13-10(2)12(14)15)17-11-6-4-3-5-7-11/h3-7,9,13H,2,8H2,1H3,(H,14,15). The number of para-hydroxylation sites is 1. The molecule has 0 aliphatic carbocycles. The van der Waals surface area contributed by atoms with Crippen LogP contribution in [0, 0.1) is 0 Å². The van der Waals surface area contributed by atoms with Crippen molar-refractivity contribution < 1.29 is 19.5 Å². The molecule has 2 N–H and O–H groups in total. The summed E-state index contributed by atoms with van der Waals surface area (Å²) in [5, 5.41) is 8.51. The lowest BCUT2D eigenvalue weighted by molar-refractivity contribution is -0.135. The molecule has 1 rings (SSSR count). The number of carboxylic acids is 1. The fourth-order valence-electron chi connectivity index (χ4n) is 1.06. The zero-order valence-electron chi connectivity index (χ0n) is 9.55. The molecule has 0 bridgehead atoms. The van der Waals surface area contributed by atoms with Crippen molar-refractivity contribution in [2.45, 2.75) is 13.0 Å². The number of hydroxylamine groups is 1. The van der Waals surface area contributed by atoms with Gasteiger partial charge in [0.1, 0.15) is 24.2 Å². The van der Waals surface area contributed by atoms with Crippen LogP contribution in [-0.4, -0.2) is 23.8 Å². The molecule has 0 saturated heterocycles. The van der Waals surface area contributed by atoms with Gasteiger partial charge < -0.3 is 9.84 Å². The number of ether oxygens (including phenoxy) is 1. The summed E-state index contributed by atoms with van der Waals surface area (Å²) in [7, 11) is 0. The lowest BCUT2D eigenvalue weighted by Crippen LogP contribution is -2.27. The van der Waals surface area contributed by atoms with Crippen molar-refractivity contribution in [1.29, 1.82) is 0 Å². The molecule has 0 spiro atoms. The first kappa shape index (κ1) is 13.1.